The minimum atomic E-state index is -0.752. The number of halogens is 2. The third-order valence-corrected chi connectivity index (χ3v) is 2.75. The maximum absolute atomic E-state index is 10.9. The highest BCUT2D eigenvalue weighted by Crippen LogP contribution is 2.24. The zero-order valence-electron chi connectivity index (χ0n) is 7.07. The van der Waals surface area contributed by atoms with Crippen molar-refractivity contribution in [3.63, 3.8) is 0 Å². The standard InChI is InChI=1S/C8H3ClINO4/c9-8(13)5-1-4(3-12)7(11(14)15)2-6(5)10/h1-3H. The molecular formula is C8H3ClINO4. The van der Waals surface area contributed by atoms with E-state index in [2.05, 4.69) is 0 Å². The molecule has 0 aliphatic heterocycles. The normalized spacial score (nSPS) is 9.73. The van der Waals surface area contributed by atoms with Crippen molar-refractivity contribution in [2.24, 2.45) is 0 Å². The van der Waals surface area contributed by atoms with Crippen LogP contribution in [-0.2, 0) is 0 Å². The van der Waals surface area contributed by atoms with E-state index < -0.39 is 10.2 Å². The molecule has 15 heavy (non-hydrogen) atoms. The van der Waals surface area contributed by atoms with E-state index >= 15 is 0 Å². The first kappa shape index (κ1) is 12.1. The SMILES string of the molecule is O=Cc1cc(C(=O)Cl)c(I)cc1[N+](=O)[O-]. The maximum Gasteiger partial charge on any atom is 0.280 e. The van der Waals surface area contributed by atoms with Crippen molar-refractivity contribution in [2.75, 3.05) is 0 Å². The summed E-state index contributed by atoms with van der Waals surface area (Å²) in [6.07, 6.45) is 0.317. The molecule has 1 rings (SSSR count). The second-order valence-corrected chi connectivity index (χ2v) is 4.05. The zero-order valence-corrected chi connectivity index (χ0v) is 9.98. The maximum atomic E-state index is 10.9. The van der Waals surface area contributed by atoms with Crippen molar-refractivity contribution < 1.29 is 14.5 Å². The van der Waals surface area contributed by atoms with E-state index in [1.54, 1.807) is 22.6 Å². The van der Waals surface area contributed by atoms with Crippen LogP contribution in [0.5, 0.6) is 0 Å². The number of nitrogens with zero attached hydrogens (tertiary/aromatic N) is 1. The van der Waals surface area contributed by atoms with Crippen molar-refractivity contribution in [1.82, 2.24) is 0 Å². The van der Waals surface area contributed by atoms with Crippen molar-refractivity contribution in [1.29, 1.82) is 0 Å². The van der Waals surface area contributed by atoms with Crippen LogP contribution in [0.4, 0.5) is 5.69 Å². The van der Waals surface area contributed by atoms with Crippen molar-refractivity contribution in [3.05, 3.63) is 36.9 Å². The summed E-state index contributed by atoms with van der Waals surface area (Å²) in [7, 11) is 0. The Morgan fingerprint density at radius 2 is 2.13 bits per heavy atom. The monoisotopic (exact) mass is 339 g/mol. The average molecular weight is 339 g/mol. The molecule has 0 aliphatic carbocycles. The lowest BCUT2D eigenvalue weighted by Gasteiger charge is -2.01. The van der Waals surface area contributed by atoms with Gasteiger partial charge in [-0.2, -0.15) is 0 Å². The fourth-order valence-electron chi connectivity index (χ4n) is 0.983. The van der Waals surface area contributed by atoms with E-state index in [0.717, 1.165) is 12.1 Å². The minimum absolute atomic E-state index is 0.0879. The van der Waals surface area contributed by atoms with Crippen molar-refractivity contribution in [2.45, 2.75) is 0 Å². The summed E-state index contributed by atoms with van der Waals surface area (Å²) in [4.78, 5) is 31.3. The molecule has 0 N–H and O–H groups in total. The average Bonchev–Trinajstić information content (AvgIpc) is 2.16. The molecule has 0 bridgehead atoms. The first-order valence-electron chi connectivity index (χ1n) is 3.60. The van der Waals surface area contributed by atoms with E-state index in [0.29, 0.717) is 9.86 Å². The summed E-state index contributed by atoms with van der Waals surface area (Å²) in [6.45, 7) is 0. The van der Waals surface area contributed by atoms with Crippen LogP contribution in [0.25, 0.3) is 0 Å². The molecule has 0 saturated carbocycles. The number of aldehydes is 1. The predicted molar refractivity (Wildman–Crippen MR) is 61.4 cm³/mol. The van der Waals surface area contributed by atoms with Crippen molar-refractivity contribution >= 4 is 51.4 Å². The third kappa shape index (κ3) is 2.51. The van der Waals surface area contributed by atoms with E-state index in [1.165, 1.54) is 0 Å². The highest BCUT2D eigenvalue weighted by atomic mass is 127. The minimum Gasteiger partial charge on any atom is -0.298 e. The summed E-state index contributed by atoms with van der Waals surface area (Å²) in [5.74, 6) is 0. The van der Waals surface area contributed by atoms with Crippen LogP contribution in [0, 0.1) is 13.7 Å². The van der Waals surface area contributed by atoms with Gasteiger partial charge in [0, 0.05) is 15.2 Å². The highest BCUT2D eigenvalue weighted by molar-refractivity contribution is 14.1. The molecule has 0 aromatic heterocycles. The molecule has 5 nitrogen and oxygen atoms in total. The van der Waals surface area contributed by atoms with E-state index in [-0.39, 0.29) is 16.8 Å². The summed E-state index contributed by atoms with van der Waals surface area (Å²) in [5, 5.41) is 9.79. The molecule has 0 spiro atoms. The molecular weight excluding hydrogens is 336 g/mol. The van der Waals surface area contributed by atoms with Crippen molar-refractivity contribution in [3.8, 4) is 0 Å². The topological polar surface area (TPSA) is 77.3 Å². The van der Waals surface area contributed by atoms with Gasteiger partial charge in [0.2, 0.25) is 0 Å². The van der Waals surface area contributed by atoms with Gasteiger partial charge in [-0.3, -0.25) is 19.7 Å². The molecule has 0 heterocycles. The van der Waals surface area contributed by atoms with Gasteiger partial charge in [0.05, 0.1) is 10.5 Å². The predicted octanol–water partition coefficient (Wildman–Crippen LogP) is 2.39. The number of carbonyl (C=O) groups excluding carboxylic acids is 2. The quantitative estimate of drug-likeness (QED) is 0.278. The first-order valence-corrected chi connectivity index (χ1v) is 5.06. The van der Waals surface area contributed by atoms with Crippen LogP contribution < -0.4 is 0 Å². The molecule has 0 atom stereocenters. The van der Waals surface area contributed by atoms with Crippen LogP contribution in [-0.4, -0.2) is 16.5 Å². The number of rotatable bonds is 3. The van der Waals surface area contributed by atoms with Gasteiger partial charge < -0.3 is 0 Å². The largest absolute Gasteiger partial charge is 0.298 e. The summed E-state index contributed by atoms with van der Waals surface area (Å²) in [5.41, 5.74) is -0.412. The Morgan fingerprint density at radius 3 is 2.53 bits per heavy atom. The number of nitro groups is 1. The number of hydrogen-bond donors (Lipinski definition) is 0. The molecule has 0 amide bonds. The molecule has 1 aromatic rings. The van der Waals surface area contributed by atoms with Crippen LogP contribution in [0.2, 0.25) is 0 Å². The lowest BCUT2D eigenvalue weighted by Crippen LogP contribution is -2.00. The van der Waals surface area contributed by atoms with Gasteiger partial charge in [-0.05, 0) is 40.3 Å². The smallest absolute Gasteiger partial charge is 0.280 e. The highest BCUT2D eigenvalue weighted by Gasteiger charge is 2.18. The lowest BCUT2D eigenvalue weighted by molar-refractivity contribution is -0.385. The molecule has 0 saturated heterocycles. The summed E-state index contributed by atoms with van der Waals surface area (Å²) < 4.78 is 0.338. The fourth-order valence-corrected chi connectivity index (χ4v) is 1.99. The summed E-state index contributed by atoms with van der Waals surface area (Å²) in [6, 6.07) is 2.25. The Hall–Kier alpha value is -1.02. The fraction of sp³-hybridized carbons (Fsp3) is 0. The van der Waals surface area contributed by atoms with E-state index in [9.17, 15) is 19.7 Å². The second-order valence-electron chi connectivity index (χ2n) is 2.54. The van der Waals surface area contributed by atoms with Gasteiger partial charge in [-0.25, -0.2) is 0 Å². The van der Waals surface area contributed by atoms with Gasteiger partial charge in [-0.1, -0.05) is 0 Å². The Balaban J connectivity index is 3.48. The van der Waals surface area contributed by atoms with Crippen LogP contribution >= 0.6 is 34.2 Å². The number of benzene rings is 1. The Labute approximate surface area is 103 Å². The molecule has 1 aromatic carbocycles. The van der Waals surface area contributed by atoms with Gasteiger partial charge in [0.1, 0.15) is 0 Å². The molecule has 78 valence electrons. The van der Waals surface area contributed by atoms with E-state index in [1.807, 2.05) is 0 Å². The van der Waals surface area contributed by atoms with Gasteiger partial charge >= 0.3 is 0 Å². The van der Waals surface area contributed by atoms with Gasteiger partial charge in [-0.15, -0.1) is 0 Å². The third-order valence-electron chi connectivity index (χ3n) is 1.65. The van der Waals surface area contributed by atoms with Crippen LogP contribution in [0.15, 0.2) is 12.1 Å². The Bertz CT molecular complexity index is 460. The van der Waals surface area contributed by atoms with Crippen LogP contribution in [0.1, 0.15) is 20.7 Å². The number of hydrogen-bond acceptors (Lipinski definition) is 4. The van der Waals surface area contributed by atoms with Crippen LogP contribution in [0.3, 0.4) is 0 Å². The lowest BCUT2D eigenvalue weighted by atomic mass is 10.1. The first-order chi connectivity index (χ1) is 6.97. The zero-order chi connectivity index (χ0) is 11.6. The Kier molecular flexibility index (Phi) is 3.75. The molecule has 0 aliphatic rings. The molecule has 0 fully saturated rings. The Morgan fingerprint density at radius 1 is 1.53 bits per heavy atom. The summed E-state index contributed by atoms with van der Waals surface area (Å²) >= 11 is 6.98. The molecule has 0 radical (unpaired) electrons. The second kappa shape index (κ2) is 4.67. The van der Waals surface area contributed by atoms with Gasteiger partial charge in [0.25, 0.3) is 10.9 Å². The van der Waals surface area contributed by atoms with E-state index in [4.69, 9.17) is 11.6 Å². The molecule has 0 unspecified atom stereocenters. The van der Waals surface area contributed by atoms with Gasteiger partial charge in [0.15, 0.2) is 6.29 Å². The molecule has 7 heteroatoms. The number of carbonyl (C=O) groups is 2. The number of nitro benzene ring substituents is 1.